The van der Waals surface area contributed by atoms with Crippen LogP contribution in [0.3, 0.4) is 0 Å². The number of benzene rings is 2. The van der Waals surface area contributed by atoms with Gasteiger partial charge in [-0.25, -0.2) is 0 Å². The molecule has 0 saturated carbocycles. The zero-order valence-electron chi connectivity index (χ0n) is 15.0. The van der Waals surface area contributed by atoms with E-state index in [9.17, 15) is 9.59 Å². The third kappa shape index (κ3) is 6.17. The lowest BCUT2D eigenvalue weighted by Gasteiger charge is -2.16. The molecule has 1 atom stereocenters. The number of aryl methyl sites for hydroxylation is 1. The van der Waals surface area contributed by atoms with Crippen molar-refractivity contribution in [3.63, 3.8) is 0 Å². The molecule has 5 nitrogen and oxygen atoms in total. The molecule has 6 heteroatoms. The Balaban J connectivity index is 0.00000338. The molecule has 0 saturated heterocycles. The largest absolute Gasteiger partial charge is 0.481 e. The van der Waals surface area contributed by atoms with Gasteiger partial charge in [0.05, 0.1) is 6.04 Å². The Morgan fingerprint density at radius 1 is 0.962 bits per heavy atom. The lowest BCUT2D eigenvalue weighted by atomic mass is 9.99. The highest BCUT2D eigenvalue weighted by molar-refractivity contribution is 5.85. The lowest BCUT2D eigenvalue weighted by molar-refractivity contribution is -0.137. The molecule has 0 fully saturated rings. The first-order chi connectivity index (χ1) is 11.9. The maximum Gasteiger partial charge on any atom is 0.303 e. The van der Waals surface area contributed by atoms with Gasteiger partial charge in [-0.15, -0.1) is 12.4 Å². The first kappa shape index (κ1) is 21.7. The van der Waals surface area contributed by atoms with Gasteiger partial charge in [-0.3, -0.25) is 9.59 Å². The Kier molecular flexibility index (Phi) is 8.29. The average molecular weight is 377 g/mol. The molecule has 3 N–H and O–H groups in total. The molecular weight excluding hydrogens is 352 g/mol. The summed E-state index contributed by atoms with van der Waals surface area (Å²) in [6, 6.07) is 15.3. The van der Waals surface area contributed by atoms with Crippen LogP contribution in [0.25, 0.3) is 11.1 Å². The van der Waals surface area contributed by atoms with E-state index >= 15 is 0 Å². The first-order valence-corrected chi connectivity index (χ1v) is 8.23. The van der Waals surface area contributed by atoms with Gasteiger partial charge in [0.1, 0.15) is 0 Å². The molecule has 0 aliphatic rings. The van der Waals surface area contributed by atoms with Gasteiger partial charge in [0.15, 0.2) is 0 Å². The number of nitrogens with two attached hydrogens (primary N) is 1. The van der Waals surface area contributed by atoms with Crippen LogP contribution >= 0.6 is 12.4 Å². The summed E-state index contributed by atoms with van der Waals surface area (Å²) in [7, 11) is 3.40. The fourth-order valence-electron chi connectivity index (χ4n) is 2.62. The normalized spacial score (nSPS) is 11.3. The number of carboxylic acid groups (broad SMARTS) is 1. The summed E-state index contributed by atoms with van der Waals surface area (Å²) in [4.78, 5) is 23.9. The Hall–Kier alpha value is -2.37. The van der Waals surface area contributed by atoms with E-state index in [1.165, 1.54) is 4.90 Å². The van der Waals surface area contributed by atoms with Crippen molar-refractivity contribution in [2.24, 2.45) is 5.73 Å². The van der Waals surface area contributed by atoms with Crippen LogP contribution in [0.4, 0.5) is 0 Å². The number of rotatable bonds is 7. The molecule has 2 rings (SSSR count). The third-order valence-electron chi connectivity index (χ3n) is 4.08. The summed E-state index contributed by atoms with van der Waals surface area (Å²) in [5.41, 5.74) is 10.1. The first-order valence-electron chi connectivity index (χ1n) is 8.23. The number of carboxylic acids is 1. The van der Waals surface area contributed by atoms with Gasteiger partial charge in [-0.1, -0.05) is 48.5 Å². The van der Waals surface area contributed by atoms with Crippen molar-refractivity contribution in [3.8, 4) is 11.1 Å². The molecule has 2 aromatic carbocycles. The summed E-state index contributed by atoms with van der Waals surface area (Å²) in [6.07, 6.45) is 1.18. The third-order valence-corrected chi connectivity index (χ3v) is 4.08. The maximum atomic E-state index is 11.8. The van der Waals surface area contributed by atoms with E-state index in [4.69, 9.17) is 10.8 Å². The van der Waals surface area contributed by atoms with Crippen LogP contribution in [0.2, 0.25) is 0 Å². The van der Waals surface area contributed by atoms with E-state index < -0.39 is 12.0 Å². The fourth-order valence-corrected chi connectivity index (χ4v) is 2.62. The number of halogens is 1. The molecule has 1 amide bonds. The number of hydrogen-bond donors (Lipinski definition) is 2. The highest BCUT2D eigenvalue weighted by Crippen LogP contribution is 2.21. The quantitative estimate of drug-likeness (QED) is 0.778. The van der Waals surface area contributed by atoms with E-state index in [-0.39, 0.29) is 24.7 Å². The molecule has 0 aromatic heterocycles. The van der Waals surface area contributed by atoms with E-state index in [0.717, 1.165) is 22.3 Å². The molecule has 2 aromatic rings. The van der Waals surface area contributed by atoms with Crippen LogP contribution in [-0.2, 0) is 22.4 Å². The molecule has 0 bridgehead atoms. The Morgan fingerprint density at radius 3 is 1.85 bits per heavy atom. The second kappa shape index (κ2) is 9.94. The van der Waals surface area contributed by atoms with Crippen molar-refractivity contribution >= 4 is 24.3 Å². The van der Waals surface area contributed by atoms with Gasteiger partial charge < -0.3 is 15.7 Å². The molecule has 0 spiro atoms. The zero-order valence-corrected chi connectivity index (χ0v) is 15.8. The SMILES string of the molecule is CN(C)C(=O)C(N)Cc1ccc(-c2ccc(CCC(=O)O)cc2)cc1.Cl. The Labute approximate surface area is 160 Å². The molecule has 1 unspecified atom stereocenters. The molecule has 0 aliphatic heterocycles. The van der Waals surface area contributed by atoms with Crippen LogP contribution in [0.15, 0.2) is 48.5 Å². The summed E-state index contributed by atoms with van der Waals surface area (Å²) < 4.78 is 0. The Morgan fingerprint density at radius 2 is 1.42 bits per heavy atom. The van der Waals surface area contributed by atoms with Gasteiger partial charge in [0.2, 0.25) is 5.91 Å². The van der Waals surface area contributed by atoms with Crippen molar-refractivity contribution in [3.05, 3.63) is 59.7 Å². The predicted molar refractivity (Wildman–Crippen MR) is 105 cm³/mol. The number of aliphatic carboxylic acids is 1. The minimum absolute atomic E-state index is 0. The number of carbonyl (C=O) groups is 2. The standard InChI is InChI=1S/C20H24N2O3.ClH/c1-22(2)20(25)18(21)13-15-5-10-17(11-6-15)16-8-3-14(4-9-16)7-12-19(23)24;/h3-6,8-11,18H,7,12-13,21H2,1-2H3,(H,23,24);1H. The number of amides is 1. The minimum Gasteiger partial charge on any atom is -0.481 e. The van der Waals surface area contributed by atoms with Crippen LogP contribution < -0.4 is 5.73 Å². The van der Waals surface area contributed by atoms with Crippen LogP contribution in [0.5, 0.6) is 0 Å². The molecule has 0 aliphatic carbocycles. The summed E-state index contributed by atoms with van der Waals surface area (Å²) in [5, 5.41) is 8.73. The average Bonchev–Trinajstić information content (AvgIpc) is 2.60. The number of likely N-dealkylation sites (N-methyl/N-ethyl adjacent to an activating group) is 1. The van der Waals surface area contributed by atoms with E-state index in [2.05, 4.69) is 0 Å². The molecule has 140 valence electrons. The predicted octanol–water partition coefficient (Wildman–Crippen LogP) is 2.75. The second-order valence-electron chi connectivity index (χ2n) is 6.33. The summed E-state index contributed by atoms with van der Waals surface area (Å²) in [5.74, 6) is -0.869. The van der Waals surface area contributed by atoms with Gasteiger partial charge in [0, 0.05) is 20.5 Å². The van der Waals surface area contributed by atoms with Crippen molar-refractivity contribution in [1.82, 2.24) is 4.90 Å². The van der Waals surface area contributed by atoms with Gasteiger partial charge >= 0.3 is 5.97 Å². The highest BCUT2D eigenvalue weighted by atomic mass is 35.5. The van der Waals surface area contributed by atoms with Crippen molar-refractivity contribution < 1.29 is 14.7 Å². The molecule has 0 radical (unpaired) electrons. The maximum absolute atomic E-state index is 11.8. The van der Waals surface area contributed by atoms with Gasteiger partial charge in [0.25, 0.3) is 0 Å². The zero-order chi connectivity index (χ0) is 18.4. The molecule has 26 heavy (non-hydrogen) atoms. The Bertz CT molecular complexity index is 728. The number of nitrogens with zero attached hydrogens (tertiary/aromatic N) is 1. The fraction of sp³-hybridized carbons (Fsp3) is 0.300. The summed E-state index contributed by atoms with van der Waals surface area (Å²) >= 11 is 0. The van der Waals surface area contributed by atoms with Crippen molar-refractivity contribution in [2.45, 2.75) is 25.3 Å². The highest BCUT2D eigenvalue weighted by Gasteiger charge is 2.15. The second-order valence-corrected chi connectivity index (χ2v) is 6.33. The number of carbonyl (C=O) groups excluding carboxylic acids is 1. The van der Waals surface area contributed by atoms with Crippen LogP contribution in [0.1, 0.15) is 17.5 Å². The van der Waals surface area contributed by atoms with Crippen LogP contribution in [-0.4, -0.2) is 42.0 Å². The van der Waals surface area contributed by atoms with Crippen molar-refractivity contribution in [1.29, 1.82) is 0 Å². The summed E-state index contributed by atoms with van der Waals surface area (Å²) in [6.45, 7) is 0. The van der Waals surface area contributed by atoms with E-state index in [0.29, 0.717) is 12.8 Å². The lowest BCUT2D eigenvalue weighted by Crippen LogP contribution is -2.41. The topological polar surface area (TPSA) is 83.6 Å². The van der Waals surface area contributed by atoms with E-state index in [1.807, 2.05) is 48.5 Å². The van der Waals surface area contributed by atoms with Gasteiger partial charge in [-0.2, -0.15) is 0 Å². The number of hydrogen-bond acceptors (Lipinski definition) is 3. The molecular formula is C20H25ClN2O3. The smallest absolute Gasteiger partial charge is 0.303 e. The van der Waals surface area contributed by atoms with Gasteiger partial charge in [-0.05, 0) is 35.1 Å². The van der Waals surface area contributed by atoms with E-state index in [1.54, 1.807) is 14.1 Å². The van der Waals surface area contributed by atoms with Crippen LogP contribution in [0, 0.1) is 0 Å². The molecule has 0 heterocycles. The monoisotopic (exact) mass is 376 g/mol. The minimum atomic E-state index is -0.786. The van der Waals surface area contributed by atoms with Crippen molar-refractivity contribution in [2.75, 3.05) is 14.1 Å².